The molecule has 17 heavy (non-hydrogen) atoms. The number of aromatic nitrogens is 1. The smallest absolute Gasteiger partial charge is 0.230 e. The molecule has 88 valence electrons. The van der Waals surface area contributed by atoms with E-state index in [9.17, 15) is 4.79 Å². The van der Waals surface area contributed by atoms with Crippen LogP contribution >= 0.6 is 11.8 Å². The molecule has 2 aromatic rings. The summed E-state index contributed by atoms with van der Waals surface area (Å²) >= 11 is 1.41. The maximum Gasteiger partial charge on any atom is 0.230 e. The largest absolute Gasteiger partial charge is 0.467 e. The van der Waals surface area contributed by atoms with Crippen LogP contribution in [0.4, 0.5) is 0 Å². The second kappa shape index (κ2) is 6.10. The number of pyridine rings is 1. The molecule has 0 unspecified atom stereocenters. The van der Waals surface area contributed by atoms with Crippen molar-refractivity contribution in [1.29, 1.82) is 0 Å². The van der Waals surface area contributed by atoms with E-state index in [-0.39, 0.29) is 5.91 Å². The van der Waals surface area contributed by atoms with E-state index in [1.165, 1.54) is 11.8 Å². The molecule has 4 nitrogen and oxygen atoms in total. The van der Waals surface area contributed by atoms with Crippen LogP contribution in [0.5, 0.6) is 0 Å². The fourth-order valence-corrected chi connectivity index (χ4v) is 1.91. The number of furan rings is 1. The topological polar surface area (TPSA) is 55.1 Å². The molecule has 0 aromatic carbocycles. The van der Waals surface area contributed by atoms with Crippen LogP contribution in [-0.2, 0) is 11.3 Å². The summed E-state index contributed by atoms with van der Waals surface area (Å²) in [7, 11) is 0. The Hall–Kier alpha value is -1.75. The number of rotatable bonds is 5. The van der Waals surface area contributed by atoms with Crippen molar-refractivity contribution in [2.45, 2.75) is 11.6 Å². The SMILES string of the molecule is O=C(CSc1ccccn1)NCc1ccco1. The van der Waals surface area contributed by atoms with Gasteiger partial charge < -0.3 is 9.73 Å². The van der Waals surface area contributed by atoms with Crippen molar-refractivity contribution in [2.75, 3.05) is 5.75 Å². The second-order valence-electron chi connectivity index (χ2n) is 3.31. The van der Waals surface area contributed by atoms with E-state index in [0.717, 1.165) is 10.8 Å². The van der Waals surface area contributed by atoms with Gasteiger partial charge in [-0.25, -0.2) is 4.98 Å². The molecule has 0 aliphatic rings. The van der Waals surface area contributed by atoms with Crippen molar-refractivity contribution in [3.63, 3.8) is 0 Å². The Morgan fingerprint density at radius 1 is 1.35 bits per heavy atom. The lowest BCUT2D eigenvalue weighted by Gasteiger charge is -2.02. The van der Waals surface area contributed by atoms with Crippen molar-refractivity contribution in [1.82, 2.24) is 10.3 Å². The van der Waals surface area contributed by atoms with Gasteiger partial charge in [-0.15, -0.1) is 0 Å². The highest BCUT2D eigenvalue weighted by Gasteiger charge is 2.04. The van der Waals surface area contributed by atoms with Gasteiger partial charge in [-0.3, -0.25) is 4.79 Å². The number of hydrogen-bond acceptors (Lipinski definition) is 4. The molecular weight excluding hydrogens is 236 g/mol. The van der Waals surface area contributed by atoms with Gasteiger partial charge in [0.1, 0.15) is 5.76 Å². The zero-order valence-corrected chi connectivity index (χ0v) is 9.94. The van der Waals surface area contributed by atoms with Gasteiger partial charge in [-0.2, -0.15) is 0 Å². The minimum atomic E-state index is -0.0305. The lowest BCUT2D eigenvalue weighted by atomic mass is 10.4. The summed E-state index contributed by atoms with van der Waals surface area (Å²) in [6, 6.07) is 9.25. The first kappa shape index (κ1) is 11.7. The van der Waals surface area contributed by atoms with Gasteiger partial charge in [0.05, 0.1) is 23.6 Å². The first-order chi connectivity index (χ1) is 8.34. The molecule has 0 saturated carbocycles. The lowest BCUT2D eigenvalue weighted by molar-refractivity contribution is -0.118. The molecule has 2 rings (SSSR count). The van der Waals surface area contributed by atoms with Gasteiger partial charge in [0.25, 0.3) is 0 Å². The summed E-state index contributed by atoms with van der Waals surface area (Å²) in [6.07, 6.45) is 3.30. The molecule has 0 fully saturated rings. The molecule has 2 aromatic heterocycles. The summed E-state index contributed by atoms with van der Waals surface area (Å²) in [4.78, 5) is 15.6. The van der Waals surface area contributed by atoms with Crippen LogP contribution in [0.15, 0.2) is 52.2 Å². The highest BCUT2D eigenvalue weighted by molar-refractivity contribution is 7.99. The number of thioether (sulfide) groups is 1. The lowest BCUT2D eigenvalue weighted by Crippen LogP contribution is -2.24. The quantitative estimate of drug-likeness (QED) is 0.823. The van der Waals surface area contributed by atoms with E-state index in [2.05, 4.69) is 10.3 Å². The summed E-state index contributed by atoms with van der Waals surface area (Å²) in [5, 5.41) is 3.62. The van der Waals surface area contributed by atoms with Crippen LogP contribution in [0.25, 0.3) is 0 Å². The summed E-state index contributed by atoms with van der Waals surface area (Å²) < 4.78 is 5.11. The van der Waals surface area contributed by atoms with Crippen LogP contribution in [-0.4, -0.2) is 16.6 Å². The van der Waals surface area contributed by atoms with Crippen LogP contribution < -0.4 is 5.32 Å². The summed E-state index contributed by atoms with van der Waals surface area (Å²) in [5.74, 6) is 1.08. The standard InChI is InChI=1S/C12H12N2O2S/c15-11(14-8-10-4-3-7-16-10)9-17-12-5-1-2-6-13-12/h1-7H,8-9H2,(H,14,15). The van der Waals surface area contributed by atoms with E-state index < -0.39 is 0 Å². The van der Waals surface area contributed by atoms with Gasteiger partial charge >= 0.3 is 0 Å². The van der Waals surface area contributed by atoms with Crippen molar-refractivity contribution in [3.05, 3.63) is 48.6 Å². The molecule has 0 aliphatic heterocycles. The number of hydrogen-bond donors (Lipinski definition) is 1. The molecule has 0 spiro atoms. The fraction of sp³-hybridized carbons (Fsp3) is 0.167. The first-order valence-corrected chi connectivity index (χ1v) is 6.16. The predicted octanol–water partition coefficient (Wildman–Crippen LogP) is 2.08. The maximum absolute atomic E-state index is 11.5. The van der Waals surface area contributed by atoms with E-state index in [1.807, 2.05) is 24.3 Å². The van der Waals surface area contributed by atoms with E-state index in [1.54, 1.807) is 18.5 Å². The molecule has 0 radical (unpaired) electrons. The Labute approximate surface area is 103 Å². The number of nitrogens with zero attached hydrogens (tertiary/aromatic N) is 1. The third-order valence-electron chi connectivity index (χ3n) is 2.03. The Morgan fingerprint density at radius 2 is 2.29 bits per heavy atom. The predicted molar refractivity (Wildman–Crippen MR) is 65.5 cm³/mol. The third-order valence-corrected chi connectivity index (χ3v) is 2.97. The van der Waals surface area contributed by atoms with E-state index in [0.29, 0.717) is 12.3 Å². The molecule has 1 amide bonds. The van der Waals surface area contributed by atoms with Crippen LogP contribution in [0.1, 0.15) is 5.76 Å². The molecule has 1 N–H and O–H groups in total. The fourth-order valence-electron chi connectivity index (χ4n) is 1.22. The minimum Gasteiger partial charge on any atom is -0.467 e. The van der Waals surface area contributed by atoms with Gasteiger partial charge in [0.2, 0.25) is 5.91 Å². The molecule has 2 heterocycles. The van der Waals surface area contributed by atoms with Gasteiger partial charge in [0, 0.05) is 6.20 Å². The number of amides is 1. The molecule has 5 heteroatoms. The molecule has 0 atom stereocenters. The number of carbonyl (C=O) groups excluding carboxylic acids is 1. The average Bonchev–Trinajstić information content (AvgIpc) is 2.88. The Morgan fingerprint density at radius 3 is 3.00 bits per heavy atom. The first-order valence-electron chi connectivity index (χ1n) is 5.17. The Kier molecular flexibility index (Phi) is 4.21. The summed E-state index contributed by atoms with van der Waals surface area (Å²) in [5.41, 5.74) is 0. The van der Waals surface area contributed by atoms with Crippen molar-refractivity contribution >= 4 is 17.7 Å². The van der Waals surface area contributed by atoms with Crippen LogP contribution in [0.2, 0.25) is 0 Å². The van der Waals surface area contributed by atoms with Gasteiger partial charge in [0.15, 0.2) is 0 Å². The molecule has 0 saturated heterocycles. The van der Waals surface area contributed by atoms with Crippen LogP contribution in [0, 0.1) is 0 Å². The van der Waals surface area contributed by atoms with Crippen LogP contribution in [0.3, 0.4) is 0 Å². The van der Waals surface area contributed by atoms with Gasteiger partial charge in [-0.1, -0.05) is 17.8 Å². The maximum atomic E-state index is 11.5. The highest BCUT2D eigenvalue weighted by Crippen LogP contribution is 2.13. The van der Waals surface area contributed by atoms with Gasteiger partial charge in [-0.05, 0) is 24.3 Å². The monoisotopic (exact) mass is 248 g/mol. The highest BCUT2D eigenvalue weighted by atomic mass is 32.2. The molecule has 0 bridgehead atoms. The number of nitrogens with one attached hydrogen (secondary N) is 1. The molecule has 0 aliphatic carbocycles. The molecular formula is C12H12N2O2S. The van der Waals surface area contributed by atoms with E-state index >= 15 is 0 Å². The third kappa shape index (κ3) is 3.96. The van der Waals surface area contributed by atoms with Crippen molar-refractivity contribution < 1.29 is 9.21 Å². The van der Waals surface area contributed by atoms with Crippen molar-refractivity contribution in [2.24, 2.45) is 0 Å². The normalized spacial score (nSPS) is 10.1. The van der Waals surface area contributed by atoms with E-state index in [4.69, 9.17) is 4.42 Å². The van der Waals surface area contributed by atoms with Crippen molar-refractivity contribution in [3.8, 4) is 0 Å². The zero-order valence-electron chi connectivity index (χ0n) is 9.13. The Bertz CT molecular complexity index is 457. The average molecular weight is 248 g/mol. The summed E-state index contributed by atoms with van der Waals surface area (Å²) in [6.45, 7) is 0.425. The number of carbonyl (C=O) groups is 1. The Balaban J connectivity index is 1.71. The second-order valence-corrected chi connectivity index (χ2v) is 4.31. The zero-order chi connectivity index (χ0) is 11.9. The minimum absolute atomic E-state index is 0.0305.